The standard InChI is InChI=1S/C22H23N5O2/c1-17-23-21(15-22(24-17)27-13-11-26(16-28)12-14-27)25-19-9-5-6-10-20(19)29-18-7-3-2-4-8-18/h2-10,15-16H,11-14H2,1H3,(H,23,24,25). The van der Waals surface area contributed by atoms with Crippen LogP contribution in [0.4, 0.5) is 17.3 Å². The van der Waals surface area contributed by atoms with Gasteiger partial charge in [-0.2, -0.15) is 0 Å². The van der Waals surface area contributed by atoms with Crippen molar-refractivity contribution in [2.24, 2.45) is 0 Å². The highest BCUT2D eigenvalue weighted by Crippen LogP contribution is 2.31. The molecular formula is C22H23N5O2. The molecule has 1 aromatic heterocycles. The molecule has 1 aliphatic rings. The Labute approximate surface area is 170 Å². The van der Waals surface area contributed by atoms with Gasteiger partial charge < -0.3 is 19.9 Å². The number of rotatable bonds is 6. The van der Waals surface area contributed by atoms with Crippen LogP contribution in [0.2, 0.25) is 0 Å². The molecule has 1 saturated heterocycles. The van der Waals surface area contributed by atoms with Gasteiger partial charge in [-0.15, -0.1) is 0 Å². The van der Waals surface area contributed by atoms with E-state index in [1.165, 1.54) is 0 Å². The number of nitrogens with one attached hydrogen (secondary N) is 1. The van der Waals surface area contributed by atoms with E-state index in [4.69, 9.17) is 4.74 Å². The minimum atomic E-state index is 0.685. The van der Waals surface area contributed by atoms with Crippen molar-refractivity contribution in [1.82, 2.24) is 14.9 Å². The lowest BCUT2D eigenvalue weighted by molar-refractivity contribution is -0.118. The third-order valence-corrected chi connectivity index (χ3v) is 4.73. The zero-order chi connectivity index (χ0) is 20.1. The van der Waals surface area contributed by atoms with Crippen LogP contribution in [0.5, 0.6) is 11.5 Å². The summed E-state index contributed by atoms with van der Waals surface area (Å²) < 4.78 is 6.03. The highest BCUT2D eigenvalue weighted by Gasteiger charge is 2.18. The molecule has 0 radical (unpaired) electrons. The maximum atomic E-state index is 10.9. The third kappa shape index (κ3) is 4.63. The topological polar surface area (TPSA) is 70.6 Å². The normalized spacial score (nSPS) is 13.8. The van der Waals surface area contributed by atoms with Gasteiger partial charge in [-0.25, -0.2) is 9.97 Å². The molecule has 0 spiro atoms. The second kappa shape index (κ2) is 8.60. The first kappa shape index (κ1) is 18.7. The molecule has 1 fully saturated rings. The lowest BCUT2D eigenvalue weighted by Gasteiger charge is -2.33. The van der Waals surface area contributed by atoms with E-state index in [0.717, 1.165) is 42.5 Å². The fourth-order valence-corrected chi connectivity index (χ4v) is 3.25. The van der Waals surface area contributed by atoms with Crippen LogP contribution in [-0.4, -0.2) is 47.5 Å². The quantitative estimate of drug-likeness (QED) is 0.650. The Kier molecular flexibility index (Phi) is 5.56. The zero-order valence-corrected chi connectivity index (χ0v) is 16.3. The first-order valence-electron chi connectivity index (χ1n) is 9.60. The Hall–Kier alpha value is -3.61. The number of aromatic nitrogens is 2. The van der Waals surface area contributed by atoms with E-state index < -0.39 is 0 Å². The van der Waals surface area contributed by atoms with Gasteiger partial charge in [-0.05, 0) is 31.2 Å². The number of carbonyl (C=O) groups is 1. The summed E-state index contributed by atoms with van der Waals surface area (Å²) in [4.78, 5) is 24.0. The lowest BCUT2D eigenvalue weighted by Crippen LogP contribution is -2.46. The van der Waals surface area contributed by atoms with Crippen molar-refractivity contribution in [3.05, 3.63) is 66.5 Å². The number of anilines is 3. The largest absolute Gasteiger partial charge is 0.455 e. The molecule has 4 rings (SSSR count). The smallest absolute Gasteiger partial charge is 0.209 e. The van der Waals surface area contributed by atoms with Crippen LogP contribution in [0.3, 0.4) is 0 Å². The number of amides is 1. The number of carbonyl (C=O) groups excluding carboxylic acids is 1. The second-order valence-electron chi connectivity index (χ2n) is 6.82. The Morgan fingerprint density at radius 1 is 0.966 bits per heavy atom. The molecule has 0 atom stereocenters. The Morgan fingerprint density at radius 3 is 2.45 bits per heavy atom. The molecule has 2 aromatic carbocycles. The van der Waals surface area contributed by atoms with Gasteiger partial charge in [0, 0.05) is 32.2 Å². The molecule has 29 heavy (non-hydrogen) atoms. The zero-order valence-electron chi connectivity index (χ0n) is 16.3. The van der Waals surface area contributed by atoms with Gasteiger partial charge in [0.15, 0.2) is 5.75 Å². The molecule has 0 bridgehead atoms. The van der Waals surface area contributed by atoms with Crippen molar-refractivity contribution in [3.8, 4) is 11.5 Å². The molecule has 1 N–H and O–H groups in total. The predicted octanol–water partition coefficient (Wildman–Crippen LogP) is 3.60. The second-order valence-corrected chi connectivity index (χ2v) is 6.82. The summed E-state index contributed by atoms with van der Waals surface area (Å²) in [5, 5.41) is 3.36. The van der Waals surface area contributed by atoms with Crippen LogP contribution in [-0.2, 0) is 4.79 Å². The van der Waals surface area contributed by atoms with Crippen LogP contribution in [0.25, 0.3) is 0 Å². The number of aryl methyl sites for hydroxylation is 1. The van der Waals surface area contributed by atoms with Crippen molar-refractivity contribution < 1.29 is 9.53 Å². The maximum Gasteiger partial charge on any atom is 0.209 e. The van der Waals surface area contributed by atoms with Crippen LogP contribution in [0.1, 0.15) is 5.82 Å². The lowest BCUT2D eigenvalue weighted by atomic mass is 10.2. The van der Waals surface area contributed by atoms with Gasteiger partial charge in [-0.1, -0.05) is 30.3 Å². The predicted molar refractivity (Wildman–Crippen MR) is 113 cm³/mol. The molecule has 3 aromatic rings. The van der Waals surface area contributed by atoms with Crippen LogP contribution in [0.15, 0.2) is 60.7 Å². The molecule has 0 unspecified atom stereocenters. The van der Waals surface area contributed by atoms with Gasteiger partial charge in [0.25, 0.3) is 0 Å². The molecule has 7 nitrogen and oxygen atoms in total. The number of piperazine rings is 1. The van der Waals surface area contributed by atoms with E-state index >= 15 is 0 Å². The fraction of sp³-hybridized carbons (Fsp3) is 0.227. The minimum Gasteiger partial charge on any atom is -0.455 e. The first-order valence-corrected chi connectivity index (χ1v) is 9.60. The average molecular weight is 389 g/mol. The third-order valence-electron chi connectivity index (χ3n) is 4.73. The minimum absolute atomic E-state index is 0.685. The summed E-state index contributed by atoms with van der Waals surface area (Å²) >= 11 is 0. The highest BCUT2D eigenvalue weighted by atomic mass is 16.5. The summed E-state index contributed by atoms with van der Waals surface area (Å²) in [5.41, 5.74) is 0.825. The highest BCUT2D eigenvalue weighted by molar-refractivity contribution is 5.66. The average Bonchev–Trinajstić information content (AvgIpc) is 2.75. The summed E-state index contributed by atoms with van der Waals surface area (Å²) in [6.07, 6.45) is 0.902. The van der Waals surface area contributed by atoms with Crippen LogP contribution in [0, 0.1) is 6.92 Å². The van der Waals surface area contributed by atoms with Gasteiger partial charge in [0.1, 0.15) is 23.2 Å². The number of benzene rings is 2. The summed E-state index contributed by atoms with van der Waals surface area (Å²) in [5.74, 6) is 3.73. The maximum absolute atomic E-state index is 10.9. The molecular weight excluding hydrogens is 366 g/mol. The van der Waals surface area contributed by atoms with E-state index in [-0.39, 0.29) is 0 Å². The van der Waals surface area contributed by atoms with Crippen molar-refractivity contribution in [2.45, 2.75) is 6.92 Å². The summed E-state index contributed by atoms with van der Waals surface area (Å²) in [7, 11) is 0. The molecule has 2 heterocycles. The molecule has 1 aliphatic heterocycles. The number of nitrogens with zero attached hydrogens (tertiary/aromatic N) is 4. The van der Waals surface area contributed by atoms with E-state index in [0.29, 0.717) is 24.7 Å². The molecule has 1 amide bonds. The van der Waals surface area contributed by atoms with E-state index in [2.05, 4.69) is 20.2 Å². The number of para-hydroxylation sites is 3. The van der Waals surface area contributed by atoms with Crippen LogP contribution >= 0.6 is 0 Å². The number of hydrogen-bond donors (Lipinski definition) is 1. The Morgan fingerprint density at radius 2 is 1.69 bits per heavy atom. The van der Waals surface area contributed by atoms with Gasteiger partial charge >= 0.3 is 0 Å². The SMILES string of the molecule is Cc1nc(Nc2ccccc2Oc2ccccc2)cc(N2CCN(C=O)CC2)n1. The van der Waals surface area contributed by atoms with Gasteiger partial charge in [0.05, 0.1) is 5.69 Å². The van der Waals surface area contributed by atoms with Crippen molar-refractivity contribution in [3.63, 3.8) is 0 Å². The fourth-order valence-electron chi connectivity index (χ4n) is 3.25. The number of hydrogen-bond acceptors (Lipinski definition) is 6. The Balaban J connectivity index is 1.54. The molecule has 0 aliphatic carbocycles. The van der Waals surface area contributed by atoms with E-state index in [9.17, 15) is 4.79 Å². The summed E-state index contributed by atoms with van der Waals surface area (Å²) in [6, 6.07) is 19.4. The molecule has 7 heteroatoms. The Bertz CT molecular complexity index is 972. The monoisotopic (exact) mass is 389 g/mol. The van der Waals surface area contributed by atoms with Crippen molar-refractivity contribution >= 4 is 23.7 Å². The molecule has 0 saturated carbocycles. The summed E-state index contributed by atoms with van der Waals surface area (Å²) in [6.45, 7) is 4.78. The van der Waals surface area contributed by atoms with Crippen molar-refractivity contribution in [1.29, 1.82) is 0 Å². The first-order chi connectivity index (χ1) is 14.2. The molecule has 148 valence electrons. The van der Waals surface area contributed by atoms with E-state index in [1.807, 2.05) is 67.6 Å². The van der Waals surface area contributed by atoms with Gasteiger partial charge in [0.2, 0.25) is 6.41 Å². The van der Waals surface area contributed by atoms with Crippen molar-refractivity contribution in [2.75, 3.05) is 36.4 Å². The van der Waals surface area contributed by atoms with Gasteiger partial charge in [-0.3, -0.25) is 4.79 Å². The number of ether oxygens (including phenoxy) is 1. The van der Waals surface area contributed by atoms with Crippen LogP contribution < -0.4 is 15.0 Å². The van der Waals surface area contributed by atoms with E-state index in [1.54, 1.807) is 4.90 Å².